The van der Waals surface area contributed by atoms with Crippen molar-refractivity contribution in [1.82, 2.24) is 14.5 Å². The average molecular weight is 355 g/mol. The van der Waals surface area contributed by atoms with E-state index in [0.717, 1.165) is 22.9 Å². The van der Waals surface area contributed by atoms with Gasteiger partial charge in [-0.05, 0) is 17.7 Å². The Kier molecular flexibility index (Phi) is 4.23. The Hall–Kier alpha value is -2.12. The number of hydrogen-bond acceptors (Lipinski definition) is 3. The number of nitrogens with two attached hydrogens (primary N) is 1. The largest absolute Gasteiger partial charge is 0.326 e. The molecule has 0 saturated carbocycles. The highest BCUT2D eigenvalue weighted by Crippen LogP contribution is 2.33. The first kappa shape index (κ1) is 16.7. The van der Waals surface area contributed by atoms with Crippen molar-refractivity contribution in [3.8, 4) is 0 Å². The molecule has 1 aliphatic heterocycles. The lowest BCUT2D eigenvalue weighted by atomic mass is 9.86. The lowest BCUT2D eigenvalue weighted by Gasteiger charge is -2.30. The van der Waals surface area contributed by atoms with Crippen LogP contribution in [0.4, 0.5) is 13.2 Å². The van der Waals surface area contributed by atoms with Crippen LogP contribution in [0.1, 0.15) is 17.3 Å². The predicted octanol–water partition coefficient (Wildman–Crippen LogP) is 2.94. The maximum atomic E-state index is 14.1. The Morgan fingerprint density at radius 1 is 1.12 bits per heavy atom. The van der Waals surface area contributed by atoms with E-state index in [1.54, 1.807) is 12.4 Å². The van der Waals surface area contributed by atoms with Gasteiger partial charge in [-0.3, -0.25) is 4.98 Å². The number of rotatable bonds is 1. The topological polar surface area (TPSA) is 56.7 Å². The van der Waals surface area contributed by atoms with Crippen LogP contribution >= 0.6 is 12.4 Å². The second kappa shape index (κ2) is 6.07. The van der Waals surface area contributed by atoms with E-state index in [9.17, 15) is 13.2 Å². The number of benzene rings is 1. The van der Waals surface area contributed by atoms with Crippen molar-refractivity contribution >= 4 is 23.4 Å². The van der Waals surface area contributed by atoms with Gasteiger partial charge >= 0.3 is 0 Å². The van der Waals surface area contributed by atoms with Crippen LogP contribution in [-0.2, 0) is 13.0 Å². The number of pyridine rings is 1. The van der Waals surface area contributed by atoms with Crippen LogP contribution in [0.15, 0.2) is 30.6 Å². The van der Waals surface area contributed by atoms with Crippen LogP contribution in [0.5, 0.6) is 0 Å². The molecule has 1 aromatic carbocycles. The van der Waals surface area contributed by atoms with E-state index in [-0.39, 0.29) is 18.0 Å². The molecule has 8 heteroatoms. The average Bonchev–Trinajstić information content (AvgIpc) is 2.88. The van der Waals surface area contributed by atoms with Crippen molar-refractivity contribution in [3.05, 3.63) is 59.4 Å². The first-order chi connectivity index (χ1) is 11.0. The molecule has 0 saturated heterocycles. The second-order valence-corrected chi connectivity index (χ2v) is 5.77. The smallest absolute Gasteiger partial charge is 0.161 e. The molecule has 0 aliphatic carbocycles. The third-order valence-corrected chi connectivity index (χ3v) is 4.38. The van der Waals surface area contributed by atoms with Gasteiger partial charge in [0.1, 0.15) is 17.2 Å². The molecular formula is C16H14ClF3N4. The molecule has 0 amide bonds. The van der Waals surface area contributed by atoms with Gasteiger partial charge in [-0.15, -0.1) is 12.4 Å². The molecule has 2 atom stereocenters. The normalized spacial score (nSPS) is 19.8. The van der Waals surface area contributed by atoms with Crippen molar-refractivity contribution in [2.75, 3.05) is 0 Å². The lowest BCUT2D eigenvalue weighted by molar-refractivity contribution is 0.392. The summed E-state index contributed by atoms with van der Waals surface area (Å²) in [6.07, 6.45) is 3.68. The monoisotopic (exact) mass is 354 g/mol. The molecule has 4 rings (SSSR count). The Morgan fingerprint density at radius 3 is 2.67 bits per heavy atom. The quantitative estimate of drug-likeness (QED) is 0.684. The van der Waals surface area contributed by atoms with Crippen molar-refractivity contribution in [2.24, 2.45) is 5.73 Å². The maximum absolute atomic E-state index is 14.1. The molecule has 0 spiro atoms. The van der Waals surface area contributed by atoms with Gasteiger partial charge in [0, 0.05) is 37.2 Å². The fourth-order valence-corrected chi connectivity index (χ4v) is 3.24. The molecule has 3 aromatic rings. The van der Waals surface area contributed by atoms with Crippen LogP contribution in [0.3, 0.4) is 0 Å². The number of fused-ring (bicyclic) bond motifs is 3. The number of hydrogen-bond donors (Lipinski definition) is 1. The molecule has 126 valence electrons. The molecule has 4 nitrogen and oxygen atoms in total. The van der Waals surface area contributed by atoms with Gasteiger partial charge in [0.15, 0.2) is 11.6 Å². The first-order valence-electron chi connectivity index (χ1n) is 7.23. The van der Waals surface area contributed by atoms with Gasteiger partial charge in [0.05, 0.1) is 11.7 Å². The number of aromatic nitrogens is 3. The zero-order valence-corrected chi connectivity index (χ0v) is 13.2. The summed E-state index contributed by atoms with van der Waals surface area (Å²) in [5.74, 6) is -2.77. The third kappa shape index (κ3) is 2.53. The summed E-state index contributed by atoms with van der Waals surface area (Å²) in [5, 5.41) is 0. The van der Waals surface area contributed by atoms with Crippen LogP contribution in [0.2, 0.25) is 0 Å². The molecular weight excluding hydrogens is 341 g/mol. The minimum Gasteiger partial charge on any atom is -0.326 e. The summed E-state index contributed by atoms with van der Waals surface area (Å²) in [5.41, 5.74) is 7.93. The lowest BCUT2D eigenvalue weighted by Crippen LogP contribution is -2.39. The summed E-state index contributed by atoms with van der Waals surface area (Å²) < 4.78 is 42.7. The van der Waals surface area contributed by atoms with Crippen molar-refractivity contribution in [3.63, 3.8) is 0 Å². The van der Waals surface area contributed by atoms with Crippen LogP contribution in [-0.4, -0.2) is 20.6 Å². The van der Waals surface area contributed by atoms with Gasteiger partial charge in [-0.1, -0.05) is 0 Å². The van der Waals surface area contributed by atoms with E-state index in [1.165, 1.54) is 0 Å². The second-order valence-electron chi connectivity index (χ2n) is 5.77. The molecule has 2 aromatic heterocycles. The number of halogens is 4. The summed E-state index contributed by atoms with van der Waals surface area (Å²) in [6.45, 7) is 0.430. The zero-order chi connectivity index (χ0) is 16.1. The fourth-order valence-electron chi connectivity index (χ4n) is 3.24. The van der Waals surface area contributed by atoms with Crippen molar-refractivity contribution in [2.45, 2.75) is 24.9 Å². The van der Waals surface area contributed by atoms with Crippen molar-refractivity contribution in [1.29, 1.82) is 0 Å². The highest BCUT2D eigenvalue weighted by Gasteiger charge is 2.32. The molecule has 2 N–H and O–H groups in total. The van der Waals surface area contributed by atoms with Gasteiger partial charge in [0.25, 0.3) is 0 Å². The third-order valence-electron chi connectivity index (χ3n) is 4.38. The molecule has 3 heterocycles. The Labute approximate surface area is 141 Å². The fraction of sp³-hybridized carbons (Fsp3) is 0.250. The standard InChI is InChI=1S/C16H13F3N4.ClH/c17-10-5-12(19)11(18)3-8(10)9-4-16-22-14-6-21-2-1-15(14)23(16)7-13(9)20;/h1-3,5-6,9,13H,4,7,20H2;1H/t9-,13+;/m1./s1. The molecule has 0 bridgehead atoms. The summed E-state index contributed by atoms with van der Waals surface area (Å²) in [4.78, 5) is 8.52. The minimum absolute atomic E-state index is 0. The summed E-state index contributed by atoms with van der Waals surface area (Å²) >= 11 is 0. The van der Waals surface area contributed by atoms with Crippen LogP contribution < -0.4 is 5.73 Å². The highest BCUT2D eigenvalue weighted by molar-refractivity contribution is 5.85. The van der Waals surface area contributed by atoms with E-state index in [0.29, 0.717) is 19.0 Å². The predicted molar refractivity (Wildman–Crippen MR) is 85.5 cm³/mol. The van der Waals surface area contributed by atoms with E-state index in [1.807, 2.05) is 10.6 Å². The van der Waals surface area contributed by atoms with Gasteiger partial charge in [-0.25, -0.2) is 18.2 Å². The molecule has 24 heavy (non-hydrogen) atoms. The molecule has 1 aliphatic rings. The zero-order valence-electron chi connectivity index (χ0n) is 12.4. The Bertz CT molecular complexity index is 912. The summed E-state index contributed by atoms with van der Waals surface area (Å²) in [7, 11) is 0. The molecule has 0 fully saturated rings. The Morgan fingerprint density at radius 2 is 1.88 bits per heavy atom. The van der Waals surface area contributed by atoms with E-state index >= 15 is 0 Å². The van der Waals surface area contributed by atoms with Crippen molar-refractivity contribution < 1.29 is 13.2 Å². The number of nitrogens with zero attached hydrogens (tertiary/aromatic N) is 3. The van der Waals surface area contributed by atoms with E-state index in [4.69, 9.17) is 5.73 Å². The van der Waals surface area contributed by atoms with Crippen LogP contribution in [0.25, 0.3) is 11.0 Å². The van der Waals surface area contributed by atoms with E-state index < -0.39 is 29.4 Å². The van der Waals surface area contributed by atoms with Crippen LogP contribution in [0, 0.1) is 17.5 Å². The molecule has 0 radical (unpaired) electrons. The van der Waals surface area contributed by atoms with E-state index in [2.05, 4.69) is 9.97 Å². The minimum atomic E-state index is -1.20. The van der Waals surface area contributed by atoms with Gasteiger partial charge in [0.2, 0.25) is 0 Å². The van der Waals surface area contributed by atoms with Gasteiger partial charge < -0.3 is 10.3 Å². The Balaban J connectivity index is 0.00000169. The molecule has 0 unspecified atom stereocenters. The highest BCUT2D eigenvalue weighted by atomic mass is 35.5. The first-order valence-corrected chi connectivity index (χ1v) is 7.23. The summed E-state index contributed by atoms with van der Waals surface area (Å²) in [6, 6.07) is 2.89. The SMILES string of the molecule is Cl.N[C@H]1Cn2c(nc3cnccc32)C[C@@H]1c1cc(F)c(F)cc1F. The number of imidazole rings is 1. The maximum Gasteiger partial charge on any atom is 0.161 e. The van der Waals surface area contributed by atoms with Gasteiger partial charge in [-0.2, -0.15) is 0 Å².